The van der Waals surface area contributed by atoms with Gasteiger partial charge in [-0.3, -0.25) is 13.9 Å². The molecule has 0 bridgehead atoms. The molecule has 0 atom stereocenters. The molecule has 1 amide bonds. The lowest BCUT2D eigenvalue weighted by Crippen LogP contribution is -2.30. The Labute approximate surface area is 123 Å². The van der Waals surface area contributed by atoms with E-state index in [1.165, 1.54) is 0 Å². The third-order valence-electron chi connectivity index (χ3n) is 3.37. The number of amides is 1. The molecule has 1 aromatic heterocycles. The van der Waals surface area contributed by atoms with Gasteiger partial charge in [0.05, 0.1) is 17.6 Å². The molecule has 0 unspecified atom stereocenters. The number of fused-ring (bicyclic) bond motifs is 1. The Morgan fingerprint density at radius 1 is 1.19 bits per heavy atom. The molecule has 1 aromatic carbocycles. The van der Waals surface area contributed by atoms with E-state index in [9.17, 15) is 9.59 Å². The van der Waals surface area contributed by atoms with Crippen molar-refractivity contribution >= 4 is 16.9 Å². The van der Waals surface area contributed by atoms with Crippen molar-refractivity contribution in [1.82, 2.24) is 14.5 Å². The number of aliphatic hydroxyl groups is 1. The van der Waals surface area contributed by atoms with Crippen LogP contribution < -0.4 is 11.0 Å². The molecule has 2 rings (SSSR count). The average molecular weight is 291 g/mol. The summed E-state index contributed by atoms with van der Waals surface area (Å²) in [6.07, 6.45) is 1.10. The number of carbonyl (C=O) groups excluding carboxylic acids is 1. The predicted octanol–water partition coefficient (Wildman–Crippen LogP) is 0.712. The van der Waals surface area contributed by atoms with Gasteiger partial charge in [0.25, 0.3) is 0 Å². The quantitative estimate of drug-likeness (QED) is 0.789. The molecule has 0 saturated carbocycles. The van der Waals surface area contributed by atoms with Gasteiger partial charge in [0.2, 0.25) is 5.91 Å². The standard InChI is InChI=1S/C15H21N3O3/c1-2-9-17-12-5-3-4-6-13(12)18(15(17)21)10-7-14(20)16-8-11-19/h3-6,19H,2,7-11H2,1H3,(H,16,20). The Kier molecular flexibility index (Phi) is 5.16. The van der Waals surface area contributed by atoms with Crippen molar-refractivity contribution in [3.8, 4) is 0 Å². The fraction of sp³-hybridized carbons (Fsp3) is 0.467. The lowest BCUT2D eigenvalue weighted by molar-refractivity contribution is -0.121. The fourth-order valence-electron chi connectivity index (χ4n) is 2.43. The lowest BCUT2D eigenvalue weighted by Gasteiger charge is -2.04. The van der Waals surface area contributed by atoms with Crippen LogP contribution in [0.3, 0.4) is 0 Å². The van der Waals surface area contributed by atoms with Crippen LogP contribution in [0, 0.1) is 0 Å². The molecule has 114 valence electrons. The van der Waals surface area contributed by atoms with Crippen molar-refractivity contribution in [2.24, 2.45) is 0 Å². The number of aryl methyl sites for hydroxylation is 2. The highest BCUT2D eigenvalue weighted by Crippen LogP contribution is 2.13. The maximum atomic E-state index is 12.5. The van der Waals surface area contributed by atoms with Crippen LogP contribution in [0.2, 0.25) is 0 Å². The van der Waals surface area contributed by atoms with Gasteiger partial charge < -0.3 is 10.4 Å². The molecule has 0 radical (unpaired) electrons. The number of aromatic nitrogens is 2. The van der Waals surface area contributed by atoms with Crippen LogP contribution in [0.5, 0.6) is 0 Å². The Bertz CT molecular complexity index is 672. The molecule has 2 aromatic rings. The van der Waals surface area contributed by atoms with E-state index >= 15 is 0 Å². The third kappa shape index (κ3) is 3.33. The second kappa shape index (κ2) is 7.08. The van der Waals surface area contributed by atoms with Gasteiger partial charge in [0.1, 0.15) is 0 Å². The summed E-state index contributed by atoms with van der Waals surface area (Å²) in [6, 6.07) is 7.62. The third-order valence-corrected chi connectivity index (χ3v) is 3.37. The second-order valence-electron chi connectivity index (χ2n) is 4.90. The summed E-state index contributed by atoms with van der Waals surface area (Å²) in [5.41, 5.74) is 1.68. The first-order chi connectivity index (χ1) is 10.2. The smallest absolute Gasteiger partial charge is 0.329 e. The topological polar surface area (TPSA) is 76.3 Å². The Morgan fingerprint density at radius 3 is 2.38 bits per heavy atom. The minimum absolute atomic E-state index is 0.0759. The molecular formula is C15H21N3O3. The number of imidazole rings is 1. The maximum absolute atomic E-state index is 12.5. The number of benzene rings is 1. The fourth-order valence-corrected chi connectivity index (χ4v) is 2.43. The van der Waals surface area contributed by atoms with E-state index in [0.717, 1.165) is 17.5 Å². The van der Waals surface area contributed by atoms with Crippen molar-refractivity contribution in [3.63, 3.8) is 0 Å². The van der Waals surface area contributed by atoms with Gasteiger partial charge in [-0.05, 0) is 18.6 Å². The summed E-state index contributed by atoms with van der Waals surface area (Å²) in [7, 11) is 0. The van der Waals surface area contributed by atoms with Gasteiger partial charge in [0.15, 0.2) is 0 Å². The molecule has 6 nitrogen and oxygen atoms in total. The van der Waals surface area contributed by atoms with Gasteiger partial charge in [-0.1, -0.05) is 19.1 Å². The van der Waals surface area contributed by atoms with Crippen LogP contribution in [-0.4, -0.2) is 33.3 Å². The van der Waals surface area contributed by atoms with E-state index in [-0.39, 0.29) is 31.2 Å². The number of rotatable bonds is 7. The van der Waals surface area contributed by atoms with Gasteiger partial charge in [0, 0.05) is 26.1 Å². The molecule has 1 heterocycles. The molecule has 0 spiro atoms. The first-order valence-electron chi connectivity index (χ1n) is 7.24. The van der Waals surface area contributed by atoms with Crippen LogP contribution in [-0.2, 0) is 17.9 Å². The number of carbonyl (C=O) groups is 1. The number of hydrogen-bond acceptors (Lipinski definition) is 3. The molecule has 21 heavy (non-hydrogen) atoms. The van der Waals surface area contributed by atoms with E-state index in [4.69, 9.17) is 5.11 Å². The highest BCUT2D eigenvalue weighted by molar-refractivity contribution is 5.77. The maximum Gasteiger partial charge on any atom is 0.329 e. The minimum atomic E-state index is -0.164. The van der Waals surface area contributed by atoms with E-state index in [1.54, 1.807) is 9.13 Å². The van der Waals surface area contributed by atoms with E-state index in [1.807, 2.05) is 31.2 Å². The number of hydrogen-bond donors (Lipinski definition) is 2. The van der Waals surface area contributed by atoms with Crippen LogP contribution in [0.1, 0.15) is 19.8 Å². The normalized spacial score (nSPS) is 11.0. The summed E-state index contributed by atoms with van der Waals surface area (Å²) in [6.45, 7) is 3.20. The van der Waals surface area contributed by atoms with Gasteiger partial charge >= 0.3 is 5.69 Å². The van der Waals surface area contributed by atoms with Crippen molar-refractivity contribution in [2.45, 2.75) is 32.9 Å². The largest absolute Gasteiger partial charge is 0.395 e. The van der Waals surface area contributed by atoms with Crippen molar-refractivity contribution < 1.29 is 9.90 Å². The molecule has 0 fully saturated rings. The molecule has 0 saturated heterocycles. The predicted molar refractivity (Wildman–Crippen MR) is 81.2 cm³/mol. The first-order valence-corrected chi connectivity index (χ1v) is 7.24. The zero-order valence-electron chi connectivity index (χ0n) is 12.2. The molecule has 0 aliphatic carbocycles. The number of para-hydroxylation sites is 2. The first kappa shape index (κ1) is 15.3. The average Bonchev–Trinajstić information content (AvgIpc) is 2.76. The van der Waals surface area contributed by atoms with Gasteiger partial charge in [-0.2, -0.15) is 0 Å². The Balaban J connectivity index is 2.25. The Hall–Kier alpha value is -2.08. The van der Waals surface area contributed by atoms with Crippen LogP contribution in [0.4, 0.5) is 0 Å². The van der Waals surface area contributed by atoms with Gasteiger partial charge in [-0.15, -0.1) is 0 Å². The second-order valence-corrected chi connectivity index (χ2v) is 4.90. The van der Waals surface area contributed by atoms with E-state index < -0.39 is 0 Å². The highest BCUT2D eigenvalue weighted by Gasteiger charge is 2.12. The highest BCUT2D eigenvalue weighted by atomic mass is 16.3. The summed E-state index contributed by atoms with van der Waals surface area (Å²) >= 11 is 0. The Morgan fingerprint density at radius 2 is 1.81 bits per heavy atom. The van der Waals surface area contributed by atoms with E-state index in [0.29, 0.717) is 13.1 Å². The van der Waals surface area contributed by atoms with E-state index in [2.05, 4.69) is 5.32 Å². The summed E-state index contributed by atoms with van der Waals surface area (Å²) in [5, 5.41) is 11.3. The molecule has 0 aliphatic heterocycles. The molecular weight excluding hydrogens is 270 g/mol. The monoisotopic (exact) mass is 291 g/mol. The zero-order valence-corrected chi connectivity index (χ0v) is 12.2. The number of nitrogens with one attached hydrogen (secondary N) is 1. The summed E-state index contributed by atoms with van der Waals surface area (Å²) < 4.78 is 3.39. The van der Waals surface area contributed by atoms with Crippen molar-refractivity contribution in [3.05, 3.63) is 34.7 Å². The summed E-state index contributed by atoms with van der Waals surface area (Å²) in [5.74, 6) is -0.164. The van der Waals surface area contributed by atoms with Crippen molar-refractivity contribution in [2.75, 3.05) is 13.2 Å². The molecule has 6 heteroatoms. The summed E-state index contributed by atoms with van der Waals surface area (Å²) in [4.78, 5) is 24.1. The number of nitrogens with zero attached hydrogens (tertiary/aromatic N) is 2. The molecule has 0 aliphatic rings. The SMILES string of the molecule is CCCn1c(=O)n(CCC(=O)NCCO)c2ccccc21. The molecule has 2 N–H and O–H groups in total. The van der Waals surface area contributed by atoms with Crippen molar-refractivity contribution in [1.29, 1.82) is 0 Å². The minimum Gasteiger partial charge on any atom is -0.395 e. The van der Waals surface area contributed by atoms with Gasteiger partial charge in [-0.25, -0.2) is 4.79 Å². The van der Waals surface area contributed by atoms with Crippen LogP contribution in [0.15, 0.2) is 29.1 Å². The number of aliphatic hydroxyl groups excluding tert-OH is 1. The zero-order chi connectivity index (χ0) is 15.2. The lowest BCUT2D eigenvalue weighted by atomic mass is 10.3. The van der Waals surface area contributed by atoms with Crippen LogP contribution >= 0.6 is 0 Å². The van der Waals surface area contributed by atoms with Crippen LogP contribution in [0.25, 0.3) is 11.0 Å².